The Labute approximate surface area is 204 Å². The average Bonchev–Trinajstić information content (AvgIpc) is 3.25. The van der Waals surface area contributed by atoms with E-state index in [-0.39, 0.29) is 15.9 Å². The van der Waals surface area contributed by atoms with Gasteiger partial charge in [-0.25, -0.2) is 9.97 Å². The molecule has 2 heterocycles. The van der Waals surface area contributed by atoms with Gasteiger partial charge in [0.15, 0.2) is 15.3 Å². The van der Waals surface area contributed by atoms with Crippen molar-refractivity contribution in [2.24, 2.45) is 11.8 Å². The number of nitrogens with zero attached hydrogens (tertiary/aromatic N) is 2. The van der Waals surface area contributed by atoms with Crippen molar-refractivity contribution in [3.63, 3.8) is 0 Å². The van der Waals surface area contributed by atoms with Crippen LogP contribution in [0.4, 0.5) is 18.3 Å². The molecule has 9 heteroatoms. The van der Waals surface area contributed by atoms with Crippen molar-refractivity contribution in [2.45, 2.75) is 98.6 Å². The first-order chi connectivity index (χ1) is 15.0. The molecule has 0 spiro atoms. The van der Waals surface area contributed by atoms with Gasteiger partial charge in [-0.05, 0) is 37.5 Å². The Morgan fingerprint density at radius 3 is 1.97 bits per heavy atom. The minimum absolute atomic E-state index is 0.0204. The van der Waals surface area contributed by atoms with Crippen molar-refractivity contribution in [3.8, 4) is 0 Å². The van der Waals surface area contributed by atoms with E-state index in [0.29, 0.717) is 18.3 Å². The molecule has 0 saturated heterocycles. The second kappa shape index (κ2) is 13.8. The van der Waals surface area contributed by atoms with E-state index >= 15 is 0 Å². The number of anilines is 1. The fraction of sp³-hybridized carbons (Fsp3) is 0.739. The van der Waals surface area contributed by atoms with E-state index in [2.05, 4.69) is 23.8 Å². The highest BCUT2D eigenvalue weighted by Gasteiger charge is 2.37. The van der Waals surface area contributed by atoms with E-state index in [4.69, 9.17) is 17.3 Å². The number of hydrogen-bond donors (Lipinski definition) is 1. The maximum atomic E-state index is 12.4. The number of aromatic nitrogens is 2. The molecule has 0 amide bonds. The number of halogens is 4. The van der Waals surface area contributed by atoms with Gasteiger partial charge >= 0.3 is 6.18 Å². The number of nitrogen functional groups attached to an aromatic ring is 1. The molecule has 1 saturated carbocycles. The monoisotopic (exact) mass is 511 g/mol. The highest BCUT2D eigenvalue weighted by atomic mass is 35.5. The maximum Gasteiger partial charge on any atom is 0.434 e. The van der Waals surface area contributed by atoms with Crippen molar-refractivity contribution < 1.29 is 13.2 Å². The molecule has 0 radical (unpaired) electrons. The van der Waals surface area contributed by atoms with Crippen LogP contribution in [0.1, 0.15) is 101 Å². The summed E-state index contributed by atoms with van der Waals surface area (Å²) in [7, 11) is 0. The van der Waals surface area contributed by atoms with E-state index in [1.807, 2.05) is 27.7 Å². The van der Waals surface area contributed by atoms with Crippen LogP contribution in [0.3, 0.4) is 0 Å². The van der Waals surface area contributed by atoms with Crippen molar-refractivity contribution in [3.05, 3.63) is 25.6 Å². The summed E-state index contributed by atoms with van der Waals surface area (Å²) in [6.07, 6.45) is 3.85. The quantitative estimate of drug-likeness (QED) is 0.435. The Morgan fingerprint density at radius 1 is 0.938 bits per heavy atom. The third-order valence-electron chi connectivity index (χ3n) is 4.86. The van der Waals surface area contributed by atoms with E-state index in [1.165, 1.54) is 42.7 Å². The lowest BCUT2D eigenvalue weighted by Gasteiger charge is -2.21. The number of rotatable bonds is 5. The number of nitrogens with two attached hydrogens (primary N) is 1. The van der Waals surface area contributed by atoms with E-state index < -0.39 is 11.9 Å². The minimum Gasteiger partial charge on any atom is -0.375 e. The summed E-state index contributed by atoms with van der Waals surface area (Å²) >= 11 is 8.68. The molecule has 1 aliphatic rings. The van der Waals surface area contributed by atoms with E-state index in [9.17, 15) is 13.2 Å². The molecule has 0 aromatic carbocycles. The average molecular weight is 512 g/mol. The number of alkyl halides is 3. The molecule has 2 aromatic heterocycles. The first kappa shape index (κ1) is 29.2. The normalized spacial score (nSPS) is 14.8. The lowest BCUT2D eigenvalue weighted by atomic mass is 9.86. The van der Waals surface area contributed by atoms with Gasteiger partial charge in [0.05, 0.1) is 5.69 Å². The van der Waals surface area contributed by atoms with Gasteiger partial charge < -0.3 is 5.73 Å². The highest BCUT2D eigenvalue weighted by Crippen LogP contribution is 2.38. The summed E-state index contributed by atoms with van der Waals surface area (Å²) < 4.78 is 37.9. The summed E-state index contributed by atoms with van der Waals surface area (Å²) in [4.78, 5) is 9.54. The van der Waals surface area contributed by atoms with Gasteiger partial charge in [0, 0.05) is 15.7 Å². The van der Waals surface area contributed by atoms with Gasteiger partial charge in [0.2, 0.25) is 0 Å². The van der Waals surface area contributed by atoms with Crippen LogP contribution in [0, 0.1) is 11.8 Å². The topological polar surface area (TPSA) is 51.8 Å². The molecule has 1 aliphatic carbocycles. The molecule has 184 valence electrons. The van der Waals surface area contributed by atoms with Crippen LogP contribution in [0.15, 0.2) is 0 Å². The second-order valence-electron chi connectivity index (χ2n) is 8.63. The molecule has 2 N–H and O–H groups in total. The summed E-state index contributed by atoms with van der Waals surface area (Å²) in [6.45, 7) is 12.2. The maximum absolute atomic E-state index is 12.4. The van der Waals surface area contributed by atoms with Crippen molar-refractivity contribution in [1.29, 1.82) is 0 Å². The molecule has 32 heavy (non-hydrogen) atoms. The first-order valence-electron chi connectivity index (χ1n) is 11.4. The van der Waals surface area contributed by atoms with Crippen LogP contribution in [0.5, 0.6) is 0 Å². The molecule has 3 nitrogen and oxygen atoms in total. The zero-order chi connectivity index (χ0) is 24.5. The largest absolute Gasteiger partial charge is 0.434 e. The van der Waals surface area contributed by atoms with Gasteiger partial charge in [-0.15, -0.1) is 22.7 Å². The Bertz CT molecular complexity index is 795. The molecule has 0 unspecified atom stereocenters. The number of hydrogen-bond acceptors (Lipinski definition) is 5. The van der Waals surface area contributed by atoms with Crippen molar-refractivity contribution >= 4 is 39.4 Å². The summed E-state index contributed by atoms with van der Waals surface area (Å²) in [6, 6.07) is 0. The molecule has 2 aromatic rings. The lowest BCUT2D eigenvalue weighted by molar-refractivity contribution is -0.141. The zero-order valence-electron chi connectivity index (χ0n) is 20.0. The van der Waals surface area contributed by atoms with Gasteiger partial charge in [-0.1, -0.05) is 72.4 Å². The fourth-order valence-electron chi connectivity index (χ4n) is 3.65. The minimum atomic E-state index is -4.39. The SMILES string of the molecule is CC.CC(C)Cc1sc(Cl)nc1C1CCCCC1.CC(C)Cc1sc(N)nc1C(F)(F)F. The summed E-state index contributed by atoms with van der Waals surface area (Å²) in [5, 5.41) is -0.0204. The van der Waals surface area contributed by atoms with Gasteiger partial charge in [-0.2, -0.15) is 13.2 Å². The molecule has 0 aliphatic heterocycles. The third-order valence-corrected chi connectivity index (χ3v) is 6.97. The lowest BCUT2D eigenvalue weighted by Crippen LogP contribution is -2.09. The zero-order valence-corrected chi connectivity index (χ0v) is 22.4. The van der Waals surface area contributed by atoms with Crippen LogP contribution in [-0.4, -0.2) is 9.97 Å². The molecule has 0 atom stereocenters. The molecular formula is C23H37ClF3N3S2. The third kappa shape index (κ3) is 9.56. The molecular weight excluding hydrogens is 475 g/mol. The first-order valence-corrected chi connectivity index (χ1v) is 13.5. The van der Waals surface area contributed by atoms with Crippen LogP contribution >= 0.6 is 34.3 Å². The molecule has 0 bridgehead atoms. The predicted molar refractivity (Wildman–Crippen MR) is 133 cm³/mol. The summed E-state index contributed by atoms with van der Waals surface area (Å²) in [5.41, 5.74) is 5.76. The smallest absolute Gasteiger partial charge is 0.375 e. The Kier molecular flexibility index (Phi) is 12.5. The number of thiazole rings is 2. The Hall–Kier alpha value is -0.860. The fourth-order valence-corrected chi connectivity index (χ4v) is 6.16. The standard InChI is InChI=1S/C13H20ClNS.C8H11F3N2S.C2H6/c1-9(2)8-11-12(15-13(14)16-11)10-6-4-3-5-7-10;1-4(2)3-5-6(8(9,10)11)13-7(12)14-5;1-2/h9-10H,3-8H2,1-2H3;4H,3H2,1-2H3,(H2,12,13);1-2H3. The van der Waals surface area contributed by atoms with Gasteiger partial charge in [0.25, 0.3) is 0 Å². The van der Waals surface area contributed by atoms with Crippen LogP contribution in [-0.2, 0) is 19.0 Å². The second-order valence-corrected chi connectivity index (χ2v) is 11.4. The van der Waals surface area contributed by atoms with Crippen molar-refractivity contribution in [2.75, 3.05) is 5.73 Å². The Morgan fingerprint density at radius 2 is 1.47 bits per heavy atom. The predicted octanol–water partition coefficient (Wildman–Crippen LogP) is 9.01. The molecule has 3 rings (SSSR count). The van der Waals surface area contributed by atoms with E-state index in [1.54, 1.807) is 11.3 Å². The summed E-state index contributed by atoms with van der Waals surface area (Å²) in [5.74, 6) is 1.54. The van der Waals surface area contributed by atoms with Gasteiger partial charge in [-0.3, -0.25) is 0 Å². The van der Waals surface area contributed by atoms with Crippen LogP contribution in [0.25, 0.3) is 0 Å². The van der Waals surface area contributed by atoms with Crippen LogP contribution < -0.4 is 5.73 Å². The van der Waals surface area contributed by atoms with Crippen molar-refractivity contribution in [1.82, 2.24) is 9.97 Å². The Balaban J connectivity index is 0.000000300. The van der Waals surface area contributed by atoms with Crippen LogP contribution in [0.2, 0.25) is 4.47 Å². The highest BCUT2D eigenvalue weighted by molar-refractivity contribution is 7.16. The van der Waals surface area contributed by atoms with Gasteiger partial charge in [0.1, 0.15) is 0 Å². The van der Waals surface area contributed by atoms with E-state index in [0.717, 1.165) is 22.2 Å². The molecule has 1 fully saturated rings.